The summed E-state index contributed by atoms with van der Waals surface area (Å²) in [5, 5.41) is 11.0. The van der Waals surface area contributed by atoms with Crippen LogP contribution in [0.1, 0.15) is 30.5 Å². The quantitative estimate of drug-likeness (QED) is 0.458. The first kappa shape index (κ1) is 18.6. The summed E-state index contributed by atoms with van der Waals surface area (Å²) in [5.74, 6) is -0.106. The molecule has 0 fully saturated rings. The topological polar surface area (TPSA) is 75.8 Å². The predicted octanol–water partition coefficient (Wildman–Crippen LogP) is 5.21. The van der Waals surface area contributed by atoms with Crippen LogP contribution in [0.2, 0.25) is 0 Å². The molecule has 0 aromatic heterocycles. The van der Waals surface area contributed by atoms with Gasteiger partial charge in [-0.05, 0) is 23.3 Å². The molecule has 0 aliphatic carbocycles. The molecular weight excluding hydrogens is 366 g/mol. The number of nitro benzene ring substituents is 1. The predicted molar refractivity (Wildman–Crippen MR) is 113 cm³/mol. The summed E-state index contributed by atoms with van der Waals surface area (Å²) in [4.78, 5) is 29.9. The SMILES string of the molecule is CC(=O)N1c2ccccc2N=C(c2ccccc2)CC1c1ccc([N+](=O)[O-])cc1. The molecule has 1 atom stereocenters. The minimum Gasteiger partial charge on any atom is -0.303 e. The van der Waals surface area contributed by atoms with E-state index in [0.717, 1.165) is 28.2 Å². The van der Waals surface area contributed by atoms with Gasteiger partial charge < -0.3 is 4.90 Å². The molecule has 3 aromatic carbocycles. The molecule has 0 saturated heterocycles. The molecular formula is C23H19N3O3. The van der Waals surface area contributed by atoms with Gasteiger partial charge in [-0.1, -0.05) is 54.6 Å². The number of rotatable bonds is 3. The maximum atomic E-state index is 12.7. The number of aliphatic imine (C=N–C) groups is 1. The summed E-state index contributed by atoms with van der Waals surface area (Å²) in [6.07, 6.45) is 0.496. The van der Waals surface area contributed by atoms with Gasteiger partial charge in [-0.25, -0.2) is 0 Å². The third-order valence-corrected chi connectivity index (χ3v) is 5.03. The van der Waals surface area contributed by atoms with Gasteiger partial charge in [0.2, 0.25) is 5.91 Å². The standard InChI is InChI=1S/C23H19N3O3/c1-16(27)25-22-10-6-5-9-20(22)24-21(17-7-3-2-4-8-17)15-23(25)18-11-13-19(14-12-18)26(28)29/h2-14,23H,15H2,1H3. The Labute approximate surface area is 168 Å². The Morgan fingerprint density at radius 2 is 1.66 bits per heavy atom. The van der Waals surface area contributed by atoms with E-state index in [9.17, 15) is 14.9 Å². The molecule has 3 aromatic rings. The summed E-state index contributed by atoms with van der Waals surface area (Å²) in [7, 11) is 0. The van der Waals surface area contributed by atoms with Gasteiger partial charge in [0, 0.05) is 25.5 Å². The second-order valence-electron chi connectivity index (χ2n) is 6.87. The second kappa shape index (κ2) is 7.67. The molecule has 0 spiro atoms. The van der Waals surface area contributed by atoms with Crippen LogP contribution in [0, 0.1) is 10.1 Å². The van der Waals surface area contributed by atoms with Crippen LogP contribution in [-0.4, -0.2) is 16.5 Å². The van der Waals surface area contributed by atoms with Crippen molar-refractivity contribution in [3.8, 4) is 0 Å². The number of hydrogen-bond acceptors (Lipinski definition) is 4. The third kappa shape index (κ3) is 3.65. The number of nitrogens with zero attached hydrogens (tertiary/aromatic N) is 3. The van der Waals surface area contributed by atoms with E-state index in [4.69, 9.17) is 4.99 Å². The highest BCUT2D eigenvalue weighted by Crippen LogP contribution is 2.40. The molecule has 0 N–H and O–H groups in total. The first-order valence-corrected chi connectivity index (χ1v) is 9.31. The maximum absolute atomic E-state index is 12.7. The van der Waals surface area contributed by atoms with Crippen molar-refractivity contribution in [3.05, 3.63) is 100 Å². The van der Waals surface area contributed by atoms with Crippen LogP contribution in [0.5, 0.6) is 0 Å². The summed E-state index contributed by atoms with van der Waals surface area (Å²) < 4.78 is 0. The lowest BCUT2D eigenvalue weighted by atomic mass is 9.95. The maximum Gasteiger partial charge on any atom is 0.269 e. The van der Waals surface area contributed by atoms with Crippen molar-refractivity contribution in [1.29, 1.82) is 0 Å². The van der Waals surface area contributed by atoms with Gasteiger partial charge in [0.25, 0.3) is 5.69 Å². The Morgan fingerprint density at radius 1 is 1.00 bits per heavy atom. The van der Waals surface area contributed by atoms with Crippen molar-refractivity contribution in [3.63, 3.8) is 0 Å². The monoisotopic (exact) mass is 385 g/mol. The van der Waals surface area contributed by atoms with Crippen LogP contribution in [0.25, 0.3) is 0 Å². The van der Waals surface area contributed by atoms with Crippen molar-refractivity contribution in [2.45, 2.75) is 19.4 Å². The van der Waals surface area contributed by atoms with Crippen LogP contribution < -0.4 is 4.90 Å². The van der Waals surface area contributed by atoms with E-state index in [1.54, 1.807) is 17.0 Å². The fourth-order valence-corrected chi connectivity index (χ4v) is 3.68. The minimum atomic E-state index is -0.425. The lowest BCUT2D eigenvalue weighted by molar-refractivity contribution is -0.384. The highest BCUT2D eigenvalue weighted by molar-refractivity contribution is 6.07. The van der Waals surface area contributed by atoms with Crippen LogP contribution in [0.3, 0.4) is 0 Å². The van der Waals surface area contributed by atoms with Crippen LogP contribution in [0.15, 0.2) is 83.9 Å². The van der Waals surface area contributed by atoms with Gasteiger partial charge in [0.15, 0.2) is 0 Å². The first-order chi connectivity index (χ1) is 14.0. The van der Waals surface area contributed by atoms with Gasteiger partial charge in [0.1, 0.15) is 0 Å². The lowest BCUT2D eigenvalue weighted by Gasteiger charge is -2.30. The van der Waals surface area contributed by atoms with Gasteiger partial charge >= 0.3 is 0 Å². The van der Waals surface area contributed by atoms with Crippen molar-refractivity contribution in [1.82, 2.24) is 0 Å². The molecule has 1 aliphatic rings. The third-order valence-electron chi connectivity index (χ3n) is 5.03. The minimum absolute atomic E-state index is 0.0223. The smallest absolute Gasteiger partial charge is 0.269 e. The Bertz CT molecular complexity index is 1090. The van der Waals surface area contributed by atoms with Gasteiger partial charge in [-0.3, -0.25) is 19.9 Å². The molecule has 1 aliphatic heterocycles. The normalized spacial score (nSPS) is 15.8. The fraction of sp³-hybridized carbons (Fsp3) is 0.130. The molecule has 144 valence electrons. The number of amides is 1. The number of fused-ring (bicyclic) bond motifs is 1. The zero-order chi connectivity index (χ0) is 20.4. The molecule has 1 heterocycles. The number of anilines is 1. The van der Waals surface area contributed by atoms with Crippen LogP contribution in [0.4, 0.5) is 17.1 Å². The van der Waals surface area contributed by atoms with Crippen molar-refractivity contribution in [2.24, 2.45) is 4.99 Å². The van der Waals surface area contributed by atoms with E-state index < -0.39 is 4.92 Å². The number of hydrogen-bond donors (Lipinski definition) is 0. The fourth-order valence-electron chi connectivity index (χ4n) is 3.68. The number of para-hydroxylation sites is 2. The Balaban J connectivity index is 1.87. The highest BCUT2D eigenvalue weighted by Gasteiger charge is 2.31. The molecule has 1 amide bonds. The molecule has 6 nitrogen and oxygen atoms in total. The van der Waals surface area contributed by atoms with E-state index in [1.165, 1.54) is 19.1 Å². The van der Waals surface area contributed by atoms with Crippen LogP contribution in [-0.2, 0) is 4.79 Å². The van der Waals surface area contributed by atoms with Gasteiger partial charge in [-0.2, -0.15) is 0 Å². The van der Waals surface area contributed by atoms with Gasteiger partial charge in [0.05, 0.1) is 28.1 Å². The summed E-state index contributed by atoms with van der Waals surface area (Å²) in [6.45, 7) is 1.53. The van der Waals surface area contributed by atoms with Crippen LogP contribution >= 0.6 is 0 Å². The number of carbonyl (C=O) groups excluding carboxylic acids is 1. The zero-order valence-corrected chi connectivity index (χ0v) is 15.9. The summed E-state index contributed by atoms with van der Waals surface area (Å²) >= 11 is 0. The average molecular weight is 385 g/mol. The number of carbonyl (C=O) groups is 1. The molecule has 1 unspecified atom stereocenters. The Hall–Kier alpha value is -3.80. The second-order valence-corrected chi connectivity index (χ2v) is 6.87. The van der Waals surface area contributed by atoms with E-state index in [1.807, 2.05) is 54.6 Å². The van der Waals surface area contributed by atoms with Crippen molar-refractivity contribution < 1.29 is 9.72 Å². The first-order valence-electron chi connectivity index (χ1n) is 9.31. The lowest BCUT2D eigenvalue weighted by Crippen LogP contribution is -2.33. The Morgan fingerprint density at radius 3 is 2.31 bits per heavy atom. The molecule has 29 heavy (non-hydrogen) atoms. The van der Waals surface area contributed by atoms with E-state index >= 15 is 0 Å². The Kier molecular flexibility index (Phi) is 4.91. The molecule has 0 saturated carbocycles. The van der Waals surface area contributed by atoms with Crippen molar-refractivity contribution in [2.75, 3.05) is 4.90 Å². The number of benzene rings is 3. The zero-order valence-electron chi connectivity index (χ0n) is 15.9. The average Bonchev–Trinajstić information content (AvgIpc) is 2.91. The summed E-state index contributed by atoms with van der Waals surface area (Å²) in [5.41, 5.74) is 4.16. The van der Waals surface area contributed by atoms with E-state index in [-0.39, 0.29) is 17.6 Å². The molecule has 0 radical (unpaired) electrons. The van der Waals surface area contributed by atoms with Gasteiger partial charge in [-0.15, -0.1) is 0 Å². The molecule has 4 rings (SSSR count). The largest absolute Gasteiger partial charge is 0.303 e. The molecule has 6 heteroatoms. The molecule has 0 bridgehead atoms. The van der Waals surface area contributed by atoms with E-state index in [0.29, 0.717) is 6.42 Å². The number of non-ortho nitro benzene ring substituents is 1. The summed E-state index contributed by atoms with van der Waals surface area (Å²) in [6, 6.07) is 23.5. The van der Waals surface area contributed by atoms with E-state index in [2.05, 4.69) is 0 Å². The number of nitro groups is 1. The highest BCUT2D eigenvalue weighted by atomic mass is 16.6. The van der Waals surface area contributed by atoms with Crippen molar-refractivity contribution >= 4 is 28.7 Å².